The number of nitrogens with zero attached hydrogens (tertiary/aromatic N) is 2. The Morgan fingerprint density at radius 1 is 1.10 bits per heavy atom. The number of aromatic nitrogens is 1. The molecule has 1 aromatic carbocycles. The van der Waals surface area contributed by atoms with E-state index in [1.54, 1.807) is 30.3 Å². The van der Waals surface area contributed by atoms with Crippen molar-refractivity contribution in [2.75, 3.05) is 6.61 Å². The minimum Gasteiger partial charge on any atom is -0.456 e. The zero-order valence-electron chi connectivity index (χ0n) is 17.5. The van der Waals surface area contributed by atoms with E-state index in [4.69, 9.17) is 4.74 Å². The fourth-order valence-corrected chi connectivity index (χ4v) is 3.66. The van der Waals surface area contributed by atoms with Gasteiger partial charge in [0.1, 0.15) is 6.04 Å². The first-order chi connectivity index (χ1) is 14.2. The molecular weight excluding hydrogens is 384 g/mol. The highest BCUT2D eigenvalue weighted by atomic mass is 16.5. The Morgan fingerprint density at radius 3 is 2.43 bits per heavy atom. The summed E-state index contributed by atoms with van der Waals surface area (Å²) in [5, 5.41) is 0. The van der Waals surface area contributed by atoms with Crippen LogP contribution in [0.15, 0.2) is 36.9 Å². The lowest BCUT2D eigenvalue weighted by molar-refractivity contribution is -0.146. The first kappa shape index (κ1) is 21.2. The van der Waals surface area contributed by atoms with Gasteiger partial charge < -0.3 is 9.30 Å². The quantitative estimate of drug-likeness (QED) is 0.304. The van der Waals surface area contributed by atoms with Crippen LogP contribution in [0, 0.1) is 20.8 Å². The van der Waals surface area contributed by atoms with Gasteiger partial charge in [-0.05, 0) is 45.9 Å². The number of allylic oxidation sites excluding steroid dienone is 1. The van der Waals surface area contributed by atoms with Crippen molar-refractivity contribution in [3.05, 3.63) is 70.6 Å². The third-order valence-electron chi connectivity index (χ3n) is 5.33. The van der Waals surface area contributed by atoms with Crippen LogP contribution in [0.4, 0.5) is 0 Å². The van der Waals surface area contributed by atoms with Crippen molar-refractivity contribution >= 4 is 23.6 Å². The lowest BCUT2D eigenvalue weighted by Gasteiger charge is -2.20. The number of Topliss-reactive ketones (excluding diaryl/α,β-unsaturated/α-hetero) is 1. The molecule has 30 heavy (non-hydrogen) atoms. The topological polar surface area (TPSA) is 85.7 Å². The van der Waals surface area contributed by atoms with E-state index in [1.165, 1.54) is 6.92 Å². The van der Waals surface area contributed by atoms with Gasteiger partial charge in [0.25, 0.3) is 11.8 Å². The summed E-state index contributed by atoms with van der Waals surface area (Å²) >= 11 is 0. The fourth-order valence-electron chi connectivity index (χ4n) is 3.66. The number of aryl methyl sites for hydroxylation is 2. The van der Waals surface area contributed by atoms with Gasteiger partial charge in [0, 0.05) is 23.5 Å². The molecule has 2 heterocycles. The molecule has 1 aliphatic rings. The fraction of sp³-hybridized carbons (Fsp3) is 0.304. The zero-order valence-corrected chi connectivity index (χ0v) is 17.5. The maximum absolute atomic E-state index is 12.6. The summed E-state index contributed by atoms with van der Waals surface area (Å²) < 4.78 is 7.09. The van der Waals surface area contributed by atoms with Crippen molar-refractivity contribution in [2.45, 2.75) is 40.3 Å². The normalized spacial score (nSPS) is 13.9. The number of hydrogen-bond donors (Lipinski definition) is 0. The predicted octanol–water partition coefficient (Wildman–Crippen LogP) is 3.01. The van der Waals surface area contributed by atoms with Gasteiger partial charge in [0.15, 0.2) is 6.61 Å². The van der Waals surface area contributed by atoms with Crippen LogP contribution in [0.25, 0.3) is 0 Å². The van der Waals surface area contributed by atoms with E-state index in [1.807, 2.05) is 25.3 Å². The number of esters is 1. The zero-order chi connectivity index (χ0) is 22.2. The maximum atomic E-state index is 12.6. The van der Waals surface area contributed by atoms with E-state index in [-0.39, 0.29) is 16.9 Å². The van der Waals surface area contributed by atoms with E-state index in [0.717, 1.165) is 21.9 Å². The van der Waals surface area contributed by atoms with Gasteiger partial charge in [-0.2, -0.15) is 0 Å². The van der Waals surface area contributed by atoms with Gasteiger partial charge in [-0.3, -0.25) is 19.3 Å². The summed E-state index contributed by atoms with van der Waals surface area (Å²) in [6.07, 6.45) is 1.74. The summed E-state index contributed by atoms with van der Waals surface area (Å²) in [6, 6.07) is 5.53. The molecule has 3 rings (SSSR count). The molecule has 7 nitrogen and oxygen atoms in total. The van der Waals surface area contributed by atoms with E-state index in [2.05, 4.69) is 6.58 Å². The van der Waals surface area contributed by atoms with Crippen molar-refractivity contribution in [1.82, 2.24) is 9.47 Å². The average Bonchev–Trinajstić information content (AvgIpc) is 3.13. The van der Waals surface area contributed by atoms with Gasteiger partial charge in [-0.15, -0.1) is 6.58 Å². The predicted molar refractivity (Wildman–Crippen MR) is 111 cm³/mol. The van der Waals surface area contributed by atoms with Crippen LogP contribution in [0.3, 0.4) is 0 Å². The lowest BCUT2D eigenvalue weighted by atomic mass is 10.1. The number of fused-ring (bicyclic) bond motifs is 1. The molecule has 1 aromatic heterocycles. The molecule has 1 atom stereocenters. The standard InChI is InChI=1S/C23H24N2O5/c1-6-9-24-14(3)11-18(15(24)4)20(26)12-30-23(29)16(5)25-21(27)17-8-7-13(2)10-19(17)22(25)28/h6-8,10-11,16H,1,9,12H2,2-5H3. The highest BCUT2D eigenvalue weighted by Crippen LogP contribution is 2.26. The minimum atomic E-state index is -1.14. The van der Waals surface area contributed by atoms with Gasteiger partial charge in [-0.25, -0.2) is 4.79 Å². The van der Waals surface area contributed by atoms with Crippen molar-refractivity contribution in [1.29, 1.82) is 0 Å². The second-order valence-corrected chi connectivity index (χ2v) is 7.42. The van der Waals surface area contributed by atoms with Crippen LogP contribution < -0.4 is 0 Å². The van der Waals surface area contributed by atoms with Crippen LogP contribution in [-0.2, 0) is 16.1 Å². The molecule has 1 aliphatic heterocycles. The Labute approximate surface area is 174 Å². The lowest BCUT2D eigenvalue weighted by Crippen LogP contribution is -2.44. The number of benzene rings is 1. The minimum absolute atomic E-state index is 0.260. The molecule has 156 valence electrons. The monoisotopic (exact) mass is 408 g/mol. The highest BCUT2D eigenvalue weighted by Gasteiger charge is 2.41. The first-order valence-electron chi connectivity index (χ1n) is 9.63. The Kier molecular flexibility index (Phi) is 5.73. The van der Waals surface area contributed by atoms with Crippen LogP contribution in [-0.4, -0.2) is 45.7 Å². The van der Waals surface area contributed by atoms with Gasteiger partial charge in [0.05, 0.1) is 11.1 Å². The Morgan fingerprint density at radius 2 is 1.77 bits per heavy atom. The molecule has 2 aromatic rings. The van der Waals surface area contributed by atoms with Crippen LogP contribution in [0.2, 0.25) is 0 Å². The molecule has 0 bridgehead atoms. The highest BCUT2D eigenvalue weighted by molar-refractivity contribution is 6.22. The van der Waals surface area contributed by atoms with Crippen molar-refractivity contribution in [2.24, 2.45) is 0 Å². The molecule has 0 saturated carbocycles. The van der Waals surface area contributed by atoms with E-state index < -0.39 is 30.4 Å². The summed E-state index contributed by atoms with van der Waals surface area (Å²) in [4.78, 5) is 51.2. The number of ether oxygens (including phenoxy) is 1. The molecule has 0 N–H and O–H groups in total. The maximum Gasteiger partial charge on any atom is 0.329 e. The molecule has 0 radical (unpaired) electrons. The number of imide groups is 1. The average molecular weight is 408 g/mol. The summed E-state index contributed by atoms with van der Waals surface area (Å²) in [6.45, 7) is 10.7. The summed E-state index contributed by atoms with van der Waals surface area (Å²) in [5.41, 5.74) is 3.49. The Bertz CT molecular complexity index is 1080. The number of ketones is 1. The number of hydrogen-bond acceptors (Lipinski definition) is 5. The molecule has 0 saturated heterocycles. The number of carbonyl (C=O) groups excluding carboxylic acids is 4. The Balaban J connectivity index is 1.69. The van der Waals surface area contributed by atoms with E-state index in [9.17, 15) is 19.2 Å². The molecule has 2 amide bonds. The number of carbonyl (C=O) groups is 4. The SMILES string of the molecule is C=CCn1c(C)cc(C(=O)COC(=O)C(C)N2C(=O)c3ccc(C)cc3C2=O)c1C. The van der Waals surface area contributed by atoms with Crippen molar-refractivity contribution < 1.29 is 23.9 Å². The van der Waals surface area contributed by atoms with E-state index in [0.29, 0.717) is 12.1 Å². The van der Waals surface area contributed by atoms with Gasteiger partial charge in [0.2, 0.25) is 5.78 Å². The molecule has 7 heteroatoms. The van der Waals surface area contributed by atoms with Crippen molar-refractivity contribution in [3.63, 3.8) is 0 Å². The first-order valence-corrected chi connectivity index (χ1v) is 9.63. The number of rotatable bonds is 7. The van der Waals surface area contributed by atoms with Crippen LogP contribution in [0.5, 0.6) is 0 Å². The second kappa shape index (κ2) is 8.10. The third-order valence-corrected chi connectivity index (χ3v) is 5.33. The molecule has 0 fully saturated rings. The smallest absolute Gasteiger partial charge is 0.329 e. The molecule has 0 aliphatic carbocycles. The molecule has 1 unspecified atom stereocenters. The molecular formula is C23H24N2O5. The van der Waals surface area contributed by atoms with Gasteiger partial charge in [-0.1, -0.05) is 17.7 Å². The van der Waals surface area contributed by atoms with Gasteiger partial charge >= 0.3 is 5.97 Å². The van der Waals surface area contributed by atoms with Crippen LogP contribution in [0.1, 0.15) is 54.9 Å². The van der Waals surface area contributed by atoms with Crippen LogP contribution >= 0.6 is 0 Å². The summed E-state index contributed by atoms with van der Waals surface area (Å²) in [5.74, 6) is -2.24. The number of amides is 2. The summed E-state index contributed by atoms with van der Waals surface area (Å²) in [7, 11) is 0. The second-order valence-electron chi connectivity index (χ2n) is 7.42. The Hall–Kier alpha value is -3.48. The van der Waals surface area contributed by atoms with Crippen molar-refractivity contribution in [3.8, 4) is 0 Å². The largest absolute Gasteiger partial charge is 0.456 e. The third kappa shape index (κ3) is 3.58. The molecule has 0 spiro atoms. The van der Waals surface area contributed by atoms with E-state index >= 15 is 0 Å².